The maximum absolute atomic E-state index is 13.0. The number of hydrogen-bond acceptors (Lipinski definition) is 2. The number of anilines is 1. The number of carboxylic acid groups (broad SMARTS) is 1. The van der Waals surface area contributed by atoms with Crippen molar-refractivity contribution in [3.8, 4) is 0 Å². The van der Waals surface area contributed by atoms with Crippen LogP contribution in [0.3, 0.4) is 0 Å². The zero-order valence-corrected chi connectivity index (χ0v) is 13.3. The molecular weight excluding hydrogens is 290 g/mol. The highest BCUT2D eigenvalue weighted by Crippen LogP contribution is 2.57. The molecule has 1 amide bonds. The Hall–Kier alpha value is -1.84. The molecule has 122 valence electrons. The number of rotatable bonds is 3. The van der Waals surface area contributed by atoms with Gasteiger partial charge in [-0.2, -0.15) is 0 Å². The second-order valence-corrected chi connectivity index (χ2v) is 7.87. The fraction of sp³-hybridized carbons (Fsp3) is 0.579. The van der Waals surface area contributed by atoms with Crippen molar-refractivity contribution in [3.05, 3.63) is 29.8 Å². The van der Waals surface area contributed by atoms with Gasteiger partial charge in [-0.1, -0.05) is 0 Å². The number of carboxylic acids is 1. The summed E-state index contributed by atoms with van der Waals surface area (Å²) < 4.78 is 0. The number of fused-ring (bicyclic) bond motifs is 1. The van der Waals surface area contributed by atoms with Crippen LogP contribution in [0.4, 0.5) is 5.69 Å². The van der Waals surface area contributed by atoms with Gasteiger partial charge in [-0.3, -0.25) is 4.79 Å². The van der Waals surface area contributed by atoms with Crippen molar-refractivity contribution in [2.45, 2.75) is 44.9 Å². The number of benzene rings is 1. The summed E-state index contributed by atoms with van der Waals surface area (Å²) >= 11 is 0. The standard InChI is InChI=1S/C19H23NO3/c21-17(22)15-1-3-16(4-2-15)20-18(23)19-6-5-12-7-13(10-19)9-14(8-12)11-19/h1-4,12-14H,5-11H2,(H,20,23)(H,21,22). The molecule has 4 nitrogen and oxygen atoms in total. The van der Waals surface area contributed by atoms with Gasteiger partial charge < -0.3 is 10.4 Å². The third kappa shape index (κ3) is 2.64. The first-order chi connectivity index (χ1) is 11.0. The fourth-order valence-electron chi connectivity index (χ4n) is 5.40. The first-order valence-corrected chi connectivity index (χ1v) is 8.69. The maximum atomic E-state index is 13.0. The average molecular weight is 313 g/mol. The molecule has 2 unspecified atom stereocenters. The molecular formula is C19H23NO3. The van der Waals surface area contributed by atoms with Gasteiger partial charge in [0.25, 0.3) is 0 Å². The van der Waals surface area contributed by atoms with Crippen molar-refractivity contribution in [2.75, 3.05) is 5.32 Å². The molecule has 4 heteroatoms. The van der Waals surface area contributed by atoms with E-state index in [0.717, 1.165) is 37.0 Å². The molecule has 0 heterocycles. The minimum atomic E-state index is -0.944. The second kappa shape index (κ2) is 5.36. The largest absolute Gasteiger partial charge is 0.478 e. The molecule has 0 aliphatic heterocycles. The molecule has 5 rings (SSSR count). The van der Waals surface area contributed by atoms with Gasteiger partial charge in [0.1, 0.15) is 0 Å². The molecule has 4 aliphatic rings. The SMILES string of the molecule is O=C(O)c1ccc(NC(=O)C23CCC4CC(CC(C4)C2)C3)cc1. The molecule has 1 aromatic rings. The molecule has 0 spiro atoms. The molecule has 4 fully saturated rings. The van der Waals surface area contributed by atoms with Crippen molar-refractivity contribution >= 4 is 17.6 Å². The quantitative estimate of drug-likeness (QED) is 0.888. The van der Waals surface area contributed by atoms with Crippen LogP contribution in [0.25, 0.3) is 0 Å². The third-order valence-corrected chi connectivity index (χ3v) is 6.26. The molecule has 0 radical (unpaired) electrons. The fourth-order valence-corrected chi connectivity index (χ4v) is 5.40. The summed E-state index contributed by atoms with van der Waals surface area (Å²) in [7, 11) is 0. The number of aromatic carboxylic acids is 1. The summed E-state index contributed by atoms with van der Waals surface area (Å²) in [5.74, 6) is 1.51. The lowest BCUT2D eigenvalue weighted by molar-refractivity contribution is -0.130. The van der Waals surface area contributed by atoms with E-state index in [-0.39, 0.29) is 16.9 Å². The molecule has 2 atom stereocenters. The topological polar surface area (TPSA) is 66.4 Å². The van der Waals surface area contributed by atoms with Crippen molar-refractivity contribution in [1.82, 2.24) is 0 Å². The highest BCUT2D eigenvalue weighted by Gasteiger charge is 2.51. The first-order valence-electron chi connectivity index (χ1n) is 8.69. The van der Waals surface area contributed by atoms with Crippen molar-refractivity contribution in [2.24, 2.45) is 23.2 Å². The summed E-state index contributed by atoms with van der Waals surface area (Å²) in [4.78, 5) is 23.9. The Bertz CT molecular complexity index is 623. The van der Waals surface area contributed by atoms with Crippen LogP contribution in [0.2, 0.25) is 0 Å². The molecule has 2 N–H and O–H groups in total. The average Bonchev–Trinajstić information content (AvgIpc) is 2.73. The Kier molecular flexibility index (Phi) is 3.43. The van der Waals surface area contributed by atoms with Crippen molar-refractivity contribution in [1.29, 1.82) is 0 Å². The number of hydrogen-bond donors (Lipinski definition) is 2. The predicted molar refractivity (Wildman–Crippen MR) is 87.3 cm³/mol. The third-order valence-electron chi connectivity index (χ3n) is 6.26. The maximum Gasteiger partial charge on any atom is 0.335 e. The molecule has 4 aliphatic carbocycles. The van der Waals surface area contributed by atoms with E-state index in [1.165, 1.54) is 25.7 Å². The van der Waals surface area contributed by atoms with E-state index in [9.17, 15) is 9.59 Å². The summed E-state index contributed by atoms with van der Waals surface area (Å²) in [6.07, 6.45) is 8.25. The van der Waals surface area contributed by atoms with E-state index < -0.39 is 5.97 Å². The van der Waals surface area contributed by atoms with Gasteiger partial charge in [0, 0.05) is 5.69 Å². The lowest BCUT2D eigenvalue weighted by atomic mass is 9.61. The monoisotopic (exact) mass is 313 g/mol. The van der Waals surface area contributed by atoms with E-state index in [1.54, 1.807) is 24.3 Å². The van der Waals surface area contributed by atoms with E-state index in [0.29, 0.717) is 5.69 Å². The molecule has 4 bridgehead atoms. The highest BCUT2D eigenvalue weighted by atomic mass is 16.4. The summed E-state index contributed by atoms with van der Waals surface area (Å²) in [6.45, 7) is 0. The highest BCUT2D eigenvalue weighted by molar-refractivity contribution is 5.96. The zero-order chi connectivity index (χ0) is 16.0. The van der Waals surface area contributed by atoms with Crippen LogP contribution in [0.5, 0.6) is 0 Å². The van der Waals surface area contributed by atoms with Gasteiger partial charge in [0.05, 0.1) is 11.0 Å². The second-order valence-electron chi connectivity index (χ2n) is 7.87. The Morgan fingerprint density at radius 1 is 1.00 bits per heavy atom. The Balaban J connectivity index is 1.53. The normalized spacial score (nSPS) is 34.9. The minimum Gasteiger partial charge on any atom is -0.478 e. The Morgan fingerprint density at radius 3 is 2.22 bits per heavy atom. The van der Waals surface area contributed by atoms with Gasteiger partial charge in [0.15, 0.2) is 0 Å². The number of amides is 1. The summed E-state index contributed by atoms with van der Waals surface area (Å²) in [6, 6.07) is 6.47. The van der Waals surface area contributed by atoms with Crippen LogP contribution in [-0.4, -0.2) is 17.0 Å². The van der Waals surface area contributed by atoms with Crippen LogP contribution in [0.1, 0.15) is 55.3 Å². The van der Waals surface area contributed by atoms with Crippen LogP contribution >= 0.6 is 0 Å². The zero-order valence-electron chi connectivity index (χ0n) is 13.3. The molecule has 1 aromatic carbocycles. The van der Waals surface area contributed by atoms with Gasteiger partial charge in [-0.25, -0.2) is 4.79 Å². The number of carbonyl (C=O) groups excluding carboxylic acids is 1. The van der Waals surface area contributed by atoms with Crippen LogP contribution < -0.4 is 5.32 Å². The van der Waals surface area contributed by atoms with E-state index in [2.05, 4.69) is 5.32 Å². The predicted octanol–water partition coefficient (Wildman–Crippen LogP) is 3.93. The summed E-state index contributed by atoms with van der Waals surface area (Å²) in [5.41, 5.74) is 0.756. The van der Waals surface area contributed by atoms with Crippen molar-refractivity contribution in [3.63, 3.8) is 0 Å². The van der Waals surface area contributed by atoms with Gasteiger partial charge in [-0.05, 0) is 87.0 Å². The van der Waals surface area contributed by atoms with E-state index >= 15 is 0 Å². The van der Waals surface area contributed by atoms with Gasteiger partial charge in [0.2, 0.25) is 5.91 Å². The Labute approximate surface area is 136 Å². The number of carbonyl (C=O) groups is 2. The molecule has 0 aromatic heterocycles. The molecule has 4 saturated carbocycles. The van der Waals surface area contributed by atoms with Gasteiger partial charge >= 0.3 is 5.97 Å². The lowest BCUT2D eigenvalue weighted by Crippen LogP contribution is -2.42. The smallest absolute Gasteiger partial charge is 0.335 e. The molecule has 0 saturated heterocycles. The Morgan fingerprint density at radius 2 is 1.61 bits per heavy atom. The lowest BCUT2D eigenvalue weighted by Gasteiger charge is -2.44. The first kappa shape index (κ1) is 14.7. The number of nitrogens with one attached hydrogen (secondary N) is 1. The van der Waals surface area contributed by atoms with Crippen LogP contribution in [0, 0.1) is 23.2 Å². The van der Waals surface area contributed by atoms with Gasteiger partial charge in [-0.15, -0.1) is 0 Å². The van der Waals surface area contributed by atoms with Crippen LogP contribution in [-0.2, 0) is 4.79 Å². The van der Waals surface area contributed by atoms with E-state index in [4.69, 9.17) is 5.11 Å². The minimum absolute atomic E-state index is 0.151. The summed E-state index contributed by atoms with van der Waals surface area (Å²) in [5, 5.41) is 12.0. The molecule has 23 heavy (non-hydrogen) atoms. The van der Waals surface area contributed by atoms with Crippen LogP contribution in [0.15, 0.2) is 24.3 Å². The van der Waals surface area contributed by atoms with E-state index in [1.807, 2.05) is 0 Å². The van der Waals surface area contributed by atoms with Crippen molar-refractivity contribution < 1.29 is 14.7 Å².